The van der Waals surface area contributed by atoms with Crippen molar-refractivity contribution in [2.45, 2.75) is 37.7 Å². The van der Waals surface area contributed by atoms with E-state index in [1.54, 1.807) is 42.7 Å². The molecule has 7 nitrogen and oxygen atoms in total. The van der Waals surface area contributed by atoms with Gasteiger partial charge in [0.25, 0.3) is 16.5 Å². The minimum atomic E-state index is -3.65. The van der Waals surface area contributed by atoms with Crippen LogP contribution in [0.5, 0.6) is 0 Å². The smallest absolute Gasteiger partial charge is 0.293 e. The van der Waals surface area contributed by atoms with Gasteiger partial charge in [0.1, 0.15) is 5.60 Å². The van der Waals surface area contributed by atoms with Gasteiger partial charge in [0.15, 0.2) is 5.65 Å². The van der Waals surface area contributed by atoms with Gasteiger partial charge in [-0.3, -0.25) is 4.79 Å². The minimum absolute atomic E-state index is 0.260. The first-order valence-electron chi connectivity index (χ1n) is 10.0. The van der Waals surface area contributed by atoms with Gasteiger partial charge in [0, 0.05) is 24.3 Å². The van der Waals surface area contributed by atoms with Crippen LogP contribution in [0, 0.1) is 0 Å². The van der Waals surface area contributed by atoms with Crippen molar-refractivity contribution in [3.05, 3.63) is 66.5 Å². The molecular weight excluding hydrogens is 414 g/mol. The molecule has 0 atom stereocenters. The number of benzene rings is 1. The van der Waals surface area contributed by atoms with Crippen molar-refractivity contribution in [1.29, 1.82) is 0 Å². The van der Waals surface area contributed by atoms with Gasteiger partial charge in [-0.05, 0) is 69.1 Å². The Balaban J connectivity index is 0.000000339. The molecule has 2 aromatic heterocycles. The van der Waals surface area contributed by atoms with E-state index in [1.807, 2.05) is 32.9 Å². The molecule has 31 heavy (non-hydrogen) atoms. The van der Waals surface area contributed by atoms with Crippen molar-refractivity contribution in [3.63, 3.8) is 0 Å². The number of ether oxygens (including phenoxy) is 1. The first-order chi connectivity index (χ1) is 14.7. The number of aromatic nitrogens is 2. The van der Waals surface area contributed by atoms with Crippen LogP contribution in [0.3, 0.4) is 0 Å². The summed E-state index contributed by atoms with van der Waals surface area (Å²) in [7, 11) is -3.65. The van der Waals surface area contributed by atoms with Crippen molar-refractivity contribution in [3.8, 4) is 0 Å². The summed E-state index contributed by atoms with van der Waals surface area (Å²) in [5, 5.41) is 4.16. The molecule has 0 aliphatic carbocycles. The fraction of sp³-hybridized carbons (Fsp3) is 0.304. The summed E-state index contributed by atoms with van der Waals surface area (Å²) in [6.45, 7) is 7.69. The van der Waals surface area contributed by atoms with Crippen LogP contribution in [-0.4, -0.2) is 42.5 Å². The highest BCUT2D eigenvalue weighted by Crippen LogP contribution is 2.29. The summed E-state index contributed by atoms with van der Waals surface area (Å²) in [5.41, 5.74) is 2.44. The van der Waals surface area contributed by atoms with Crippen molar-refractivity contribution >= 4 is 33.1 Å². The lowest BCUT2D eigenvalue weighted by molar-refractivity contribution is -0.138. The van der Waals surface area contributed by atoms with Crippen LogP contribution in [0.1, 0.15) is 32.8 Å². The highest BCUT2D eigenvalue weighted by molar-refractivity contribution is 7.90. The zero-order valence-corrected chi connectivity index (χ0v) is 18.7. The van der Waals surface area contributed by atoms with E-state index in [0.717, 1.165) is 30.5 Å². The van der Waals surface area contributed by atoms with E-state index < -0.39 is 10.0 Å². The Labute approximate surface area is 182 Å². The molecule has 0 saturated heterocycles. The Hall–Kier alpha value is -2.97. The molecule has 164 valence electrons. The van der Waals surface area contributed by atoms with Crippen LogP contribution in [0.4, 0.5) is 0 Å². The predicted molar refractivity (Wildman–Crippen MR) is 121 cm³/mol. The Morgan fingerprint density at radius 1 is 1.13 bits per heavy atom. The Morgan fingerprint density at radius 3 is 2.45 bits per heavy atom. The van der Waals surface area contributed by atoms with E-state index in [1.165, 1.54) is 9.55 Å². The number of nitrogens with one attached hydrogen (secondary N) is 1. The molecule has 0 saturated carbocycles. The van der Waals surface area contributed by atoms with Crippen LogP contribution in [0.25, 0.3) is 16.6 Å². The first kappa shape index (κ1) is 22.7. The summed E-state index contributed by atoms with van der Waals surface area (Å²) in [6, 6.07) is 12.2. The summed E-state index contributed by atoms with van der Waals surface area (Å²) < 4.78 is 31.6. The van der Waals surface area contributed by atoms with E-state index in [-0.39, 0.29) is 10.5 Å². The second-order valence-corrected chi connectivity index (χ2v) is 9.85. The normalized spacial score (nSPS) is 14.4. The number of rotatable bonds is 4. The molecule has 0 radical (unpaired) electrons. The highest BCUT2D eigenvalue weighted by Gasteiger charge is 2.21. The first-order valence-corrected chi connectivity index (χ1v) is 11.5. The third-order valence-corrected chi connectivity index (χ3v) is 6.35. The molecule has 3 aromatic rings. The third kappa shape index (κ3) is 5.39. The Bertz CT molecular complexity index is 1180. The Kier molecular flexibility index (Phi) is 6.92. The molecular formula is C23H27N3O4S. The van der Waals surface area contributed by atoms with Crippen LogP contribution in [0.15, 0.2) is 65.8 Å². The zero-order valence-electron chi connectivity index (χ0n) is 17.9. The lowest BCUT2D eigenvalue weighted by atomic mass is 9.99. The number of hydrogen-bond acceptors (Lipinski definition) is 6. The van der Waals surface area contributed by atoms with Gasteiger partial charge in [-0.25, -0.2) is 17.4 Å². The predicted octanol–water partition coefficient (Wildman–Crippen LogP) is 3.61. The summed E-state index contributed by atoms with van der Waals surface area (Å²) in [4.78, 5) is 14.2. The number of carbonyl (C=O) groups is 1. The summed E-state index contributed by atoms with van der Waals surface area (Å²) >= 11 is 0. The topological polar surface area (TPSA) is 90.3 Å². The molecule has 8 heteroatoms. The average Bonchev–Trinajstić information content (AvgIpc) is 3.20. The maximum absolute atomic E-state index is 12.9. The molecule has 4 rings (SSSR count). The second-order valence-electron chi connectivity index (χ2n) is 8.04. The van der Waals surface area contributed by atoms with Gasteiger partial charge in [0.2, 0.25) is 0 Å². The van der Waals surface area contributed by atoms with E-state index in [4.69, 9.17) is 0 Å². The highest BCUT2D eigenvalue weighted by atomic mass is 32.2. The number of fused-ring (bicyclic) bond motifs is 1. The van der Waals surface area contributed by atoms with E-state index in [9.17, 15) is 13.2 Å². The molecule has 0 amide bonds. The number of hydrogen-bond donors (Lipinski definition) is 1. The fourth-order valence-corrected chi connectivity index (χ4v) is 4.53. The largest absolute Gasteiger partial charge is 0.462 e. The van der Waals surface area contributed by atoms with E-state index >= 15 is 0 Å². The lowest BCUT2D eigenvalue weighted by Gasteiger charge is -2.15. The van der Waals surface area contributed by atoms with Gasteiger partial charge < -0.3 is 10.1 Å². The maximum Gasteiger partial charge on any atom is 0.293 e. The Morgan fingerprint density at radius 2 is 1.87 bits per heavy atom. The van der Waals surface area contributed by atoms with Gasteiger partial charge in [-0.15, -0.1) is 0 Å². The SMILES string of the molecule is CC(C)(C)OC=O.O=S(=O)(c1ccccc1)n1ccc2c(C3=CCNCC3)ccnc21. The van der Waals surface area contributed by atoms with E-state index in [2.05, 4.69) is 21.1 Å². The number of pyridine rings is 1. The summed E-state index contributed by atoms with van der Waals surface area (Å²) in [5.74, 6) is 0. The van der Waals surface area contributed by atoms with Gasteiger partial charge >= 0.3 is 0 Å². The minimum Gasteiger partial charge on any atom is -0.462 e. The van der Waals surface area contributed by atoms with Crippen LogP contribution < -0.4 is 5.32 Å². The fourth-order valence-electron chi connectivity index (χ4n) is 3.21. The van der Waals surface area contributed by atoms with Gasteiger partial charge in [-0.2, -0.15) is 0 Å². The quantitative estimate of drug-likeness (QED) is 0.622. The van der Waals surface area contributed by atoms with E-state index in [0.29, 0.717) is 12.1 Å². The second kappa shape index (κ2) is 9.45. The van der Waals surface area contributed by atoms with Crippen molar-refractivity contribution in [1.82, 2.24) is 14.3 Å². The molecule has 1 aliphatic rings. The number of nitrogens with zero attached hydrogens (tertiary/aromatic N) is 2. The van der Waals surface area contributed by atoms with Gasteiger partial charge in [0.05, 0.1) is 4.90 Å². The third-order valence-electron chi connectivity index (χ3n) is 4.67. The van der Waals surface area contributed by atoms with Gasteiger partial charge in [-0.1, -0.05) is 24.3 Å². The van der Waals surface area contributed by atoms with Crippen molar-refractivity contribution < 1.29 is 17.9 Å². The molecule has 3 heterocycles. The molecule has 1 aromatic carbocycles. The lowest BCUT2D eigenvalue weighted by Crippen LogP contribution is -2.20. The average molecular weight is 442 g/mol. The molecule has 0 bridgehead atoms. The van der Waals surface area contributed by atoms with Crippen LogP contribution >= 0.6 is 0 Å². The van der Waals surface area contributed by atoms with Crippen molar-refractivity contribution in [2.24, 2.45) is 0 Å². The molecule has 0 spiro atoms. The number of carbonyl (C=O) groups excluding carboxylic acids is 1. The maximum atomic E-state index is 12.9. The van der Waals surface area contributed by atoms with Crippen molar-refractivity contribution in [2.75, 3.05) is 13.1 Å². The van der Waals surface area contributed by atoms with Crippen LogP contribution in [-0.2, 0) is 19.6 Å². The summed E-state index contributed by atoms with van der Waals surface area (Å²) in [6.07, 6.45) is 6.35. The molecule has 1 aliphatic heterocycles. The molecule has 0 unspecified atom stereocenters. The van der Waals surface area contributed by atoms with Crippen LogP contribution in [0.2, 0.25) is 0 Å². The zero-order chi connectivity index (χ0) is 22.5. The monoisotopic (exact) mass is 441 g/mol. The molecule has 0 fully saturated rings. The standard InChI is InChI=1S/C18H17N3O2S.C5H10O2/c22-24(23,15-4-2-1-3-5-15)21-13-9-17-16(8-12-20-18(17)21)14-6-10-19-11-7-14;1-5(2,3)7-4-6/h1-6,8-9,12-13,19H,7,10-11H2;4H,1-3H3. The molecule has 1 N–H and O–H groups in total.